The van der Waals surface area contributed by atoms with Crippen molar-refractivity contribution in [2.75, 3.05) is 18.5 Å². The van der Waals surface area contributed by atoms with Crippen LogP contribution in [0.25, 0.3) is 0 Å². The van der Waals surface area contributed by atoms with Crippen LogP contribution >= 0.6 is 11.6 Å². The molecule has 4 N–H and O–H groups in total. The molecule has 2 aromatic rings. The minimum Gasteiger partial charge on any atom is -0.481 e. The third kappa shape index (κ3) is 7.87. The number of carbonyl (C=O) groups is 3. The second-order valence-electron chi connectivity index (χ2n) is 6.41. The molecule has 1 aromatic carbocycles. The van der Waals surface area contributed by atoms with Crippen molar-refractivity contribution in [1.82, 2.24) is 0 Å². The second-order valence-corrected chi connectivity index (χ2v) is 8.35. The van der Waals surface area contributed by atoms with Crippen molar-refractivity contribution in [2.24, 2.45) is 5.14 Å². The Morgan fingerprint density at radius 1 is 1.16 bits per heavy atom. The van der Waals surface area contributed by atoms with Crippen LogP contribution in [0.4, 0.5) is 5.69 Å². The molecule has 2 rings (SSSR count). The standard InChI is InChI=1S/C19H21ClN2O9S/c20-14-10-15(22-11-12-3-1-6-29-12)13(9-16(14)32(21,27)28)19(26)31-8-2-7-30-18(25)5-4-17(23)24/h1,3,6,9-10,22H,2,4-5,7-8,11H2,(H,23,24)(H2,21,27,28). The minimum atomic E-state index is -4.20. The van der Waals surface area contributed by atoms with Crippen molar-refractivity contribution in [2.45, 2.75) is 30.7 Å². The summed E-state index contributed by atoms with van der Waals surface area (Å²) in [6, 6.07) is 5.63. The van der Waals surface area contributed by atoms with E-state index in [0.29, 0.717) is 5.76 Å². The Balaban J connectivity index is 2.02. The highest BCUT2D eigenvalue weighted by atomic mass is 35.5. The van der Waals surface area contributed by atoms with Crippen LogP contribution in [0.5, 0.6) is 0 Å². The van der Waals surface area contributed by atoms with Gasteiger partial charge in [0.15, 0.2) is 0 Å². The molecule has 1 heterocycles. The third-order valence-corrected chi connectivity index (χ3v) is 5.34. The molecule has 0 saturated heterocycles. The van der Waals surface area contributed by atoms with Crippen molar-refractivity contribution >= 4 is 45.2 Å². The van der Waals surface area contributed by atoms with Gasteiger partial charge >= 0.3 is 17.9 Å². The minimum absolute atomic E-state index is 0.0849. The van der Waals surface area contributed by atoms with E-state index in [4.69, 9.17) is 35.7 Å². The van der Waals surface area contributed by atoms with Gasteiger partial charge in [0, 0.05) is 6.42 Å². The van der Waals surface area contributed by atoms with Crippen LogP contribution in [0.3, 0.4) is 0 Å². The van der Waals surface area contributed by atoms with Crippen LogP contribution in [0.1, 0.15) is 35.4 Å². The highest BCUT2D eigenvalue weighted by molar-refractivity contribution is 7.89. The van der Waals surface area contributed by atoms with Gasteiger partial charge in [0.2, 0.25) is 10.0 Å². The summed E-state index contributed by atoms with van der Waals surface area (Å²) in [5.41, 5.74) is 0.0762. The average Bonchev–Trinajstić information content (AvgIpc) is 3.23. The number of furan rings is 1. The van der Waals surface area contributed by atoms with Crippen LogP contribution < -0.4 is 10.5 Å². The molecule has 1 aromatic heterocycles. The molecule has 0 amide bonds. The average molecular weight is 489 g/mol. The van der Waals surface area contributed by atoms with Crippen molar-refractivity contribution < 1.29 is 41.8 Å². The monoisotopic (exact) mass is 488 g/mol. The summed E-state index contributed by atoms with van der Waals surface area (Å²) in [6.45, 7) is -0.0427. The molecule has 0 spiro atoms. The summed E-state index contributed by atoms with van der Waals surface area (Å²) < 4.78 is 38.7. The van der Waals surface area contributed by atoms with Crippen LogP contribution in [0.15, 0.2) is 39.8 Å². The summed E-state index contributed by atoms with van der Waals surface area (Å²) in [5, 5.41) is 16.4. The predicted molar refractivity (Wildman–Crippen MR) is 112 cm³/mol. The molecule has 0 bridgehead atoms. The fourth-order valence-corrected chi connectivity index (χ4v) is 3.55. The Morgan fingerprint density at radius 3 is 2.50 bits per heavy atom. The quantitative estimate of drug-likeness (QED) is 0.296. The van der Waals surface area contributed by atoms with Crippen LogP contribution in [0, 0.1) is 0 Å². The van der Waals surface area contributed by atoms with E-state index in [1.165, 1.54) is 12.3 Å². The lowest BCUT2D eigenvalue weighted by Crippen LogP contribution is -2.17. The first-order valence-corrected chi connectivity index (χ1v) is 11.2. The SMILES string of the molecule is NS(=O)(=O)c1cc(C(=O)OCCCOC(=O)CCC(=O)O)c(NCc2ccco2)cc1Cl. The Hall–Kier alpha value is -3.09. The van der Waals surface area contributed by atoms with Gasteiger partial charge in [-0.3, -0.25) is 9.59 Å². The lowest BCUT2D eigenvalue weighted by Gasteiger charge is -2.14. The number of sulfonamides is 1. The van der Waals surface area contributed by atoms with E-state index in [9.17, 15) is 22.8 Å². The molecular formula is C19H21ClN2O9S. The number of aliphatic carboxylic acids is 1. The fourth-order valence-electron chi connectivity index (χ4n) is 2.45. The van der Waals surface area contributed by atoms with Crippen molar-refractivity contribution in [1.29, 1.82) is 0 Å². The van der Waals surface area contributed by atoms with Crippen LogP contribution in [-0.4, -0.2) is 44.6 Å². The van der Waals surface area contributed by atoms with E-state index in [1.54, 1.807) is 12.1 Å². The van der Waals surface area contributed by atoms with Gasteiger partial charge in [0.1, 0.15) is 10.7 Å². The summed E-state index contributed by atoms with van der Waals surface area (Å²) in [7, 11) is -4.20. The number of nitrogens with two attached hydrogens (primary N) is 1. The number of carboxylic acid groups (broad SMARTS) is 1. The fraction of sp³-hybridized carbons (Fsp3) is 0.316. The highest BCUT2D eigenvalue weighted by Gasteiger charge is 2.22. The molecule has 32 heavy (non-hydrogen) atoms. The lowest BCUT2D eigenvalue weighted by atomic mass is 10.1. The number of esters is 2. The van der Waals surface area contributed by atoms with Crippen molar-refractivity contribution in [3.8, 4) is 0 Å². The molecule has 0 aliphatic heterocycles. The predicted octanol–water partition coefficient (Wildman–Crippen LogP) is 2.15. The third-order valence-electron chi connectivity index (χ3n) is 3.96. The normalized spacial score (nSPS) is 11.1. The number of anilines is 1. The van der Waals surface area contributed by atoms with Gasteiger partial charge in [0.25, 0.3) is 0 Å². The maximum absolute atomic E-state index is 12.6. The molecule has 0 fully saturated rings. The van der Waals surface area contributed by atoms with E-state index in [-0.39, 0.29) is 55.3 Å². The smallest absolute Gasteiger partial charge is 0.340 e. The Labute approximate surface area is 188 Å². The van der Waals surface area contributed by atoms with Gasteiger partial charge < -0.3 is 24.3 Å². The molecule has 0 unspecified atom stereocenters. The Morgan fingerprint density at radius 2 is 1.88 bits per heavy atom. The molecule has 174 valence electrons. The number of hydrogen-bond acceptors (Lipinski definition) is 9. The number of carbonyl (C=O) groups excluding carboxylic acids is 2. The van der Waals surface area contributed by atoms with Crippen LogP contribution in [-0.2, 0) is 35.6 Å². The summed E-state index contributed by atoms with van der Waals surface area (Å²) in [4.78, 5) is 33.9. The molecule has 0 saturated carbocycles. The molecule has 0 radical (unpaired) electrons. The molecule has 0 aliphatic rings. The maximum Gasteiger partial charge on any atom is 0.340 e. The summed E-state index contributed by atoms with van der Waals surface area (Å²) in [6.07, 6.45) is 1.01. The number of carboxylic acids is 1. The second kappa shape index (κ2) is 11.5. The zero-order valence-corrected chi connectivity index (χ0v) is 18.3. The van der Waals surface area contributed by atoms with E-state index in [2.05, 4.69) is 5.32 Å². The molecule has 11 nitrogen and oxygen atoms in total. The first-order chi connectivity index (χ1) is 15.1. The van der Waals surface area contributed by atoms with Gasteiger partial charge in [0.05, 0.1) is 55.1 Å². The van der Waals surface area contributed by atoms with Gasteiger partial charge in [-0.15, -0.1) is 0 Å². The van der Waals surface area contributed by atoms with Gasteiger partial charge in [-0.05, 0) is 24.3 Å². The molecule has 0 atom stereocenters. The summed E-state index contributed by atoms with van der Waals surface area (Å²) in [5.74, 6) is -2.10. The van der Waals surface area contributed by atoms with E-state index in [0.717, 1.165) is 6.07 Å². The molecular weight excluding hydrogens is 468 g/mol. The van der Waals surface area contributed by atoms with Gasteiger partial charge in [-0.2, -0.15) is 0 Å². The number of halogens is 1. The Kier molecular flexibility index (Phi) is 9.05. The number of ether oxygens (including phenoxy) is 2. The first kappa shape index (κ1) is 25.2. The van der Waals surface area contributed by atoms with E-state index in [1.807, 2.05) is 0 Å². The number of benzene rings is 1. The zero-order valence-electron chi connectivity index (χ0n) is 16.7. The van der Waals surface area contributed by atoms with E-state index < -0.39 is 32.8 Å². The van der Waals surface area contributed by atoms with Gasteiger partial charge in [-0.25, -0.2) is 18.4 Å². The number of primary sulfonamides is 1. The molecule has 0 aliphatic carbocycles. The number of nitrogens with one attached hydrogen (secondary N) is 1. The zero-order chi connectivity index (χ0) is 23.7. The van der Waals surface area contributed by atoms with Crippen molar-refractivity contribution in [3.05, 3.63) is 46.9 Å². The largest absolute Gasteiger partial charge is 0.481 e. The number of rotatable bonds is 12. The topological polar surface area (TPSA) is 175 Å². The molecule has 13 heteroatoms. The lowest BCUT2D eigenvalue weighted by molar-refractivity contribution is -0.147. The summed E-state index contributed by atoms with van der Waals surface area (Å²) >= 11 is 6.01. The van der Waals surface area contributed by atoms with Crippen molar-refractivity contribution in [3.63, 3.8) is 0 Å². The van der Waals surface area contributed by atoms with Crippen LogP contribution in [0.2, 0.25) is 5.02 Å². The first-order valence-electron chi connectivity index (χ1n) is 9.25. The highest BCUT2D eigenvalue weighted by Crippen LogP contribution is 2.29. The van der Waals surface area contributed by atoms with E-state index >= 15 is 0 Å². The Bertz CT molecular complexity index is 1070. The number of hydrogen-bond donors (Lipinski definition) is 3. The van der Waals surface area contributed by atoms with Gasteiger partial charge in [-0.1, -0.05) is 11.6 Å². The maximum atomic E-state index is 12.6.